The molecule has 0 radical (unpaired) electrons. The van der Waals surface area contributed by atoms with E-state index in [1.165, 1.54) is 24.0 Å². The second-order valence-corrected chi connectivity index (χ2v) is 4.60. The molecule has 0 heterocycles. The Balaban J connectivity index is 1.51. The van der Waals surface area contributed by atoms with E-state index in [4.69, 9.17) is 0 Å². The minimum atomic E-state index is 0.950. The Morgan fingerprint density at radius 1 is 0.889 bits per heavy atom. The Bertz CT molecular complexity index is 393. The number of hydrogen-bond donors (Lipinski definition) is 2. The van der Waals surface area contributed by atoms with Crippen LogP contribution in [-0.2, 0) is 6.54 Å². The zero-order chi connectivity index (χ0) is 12.5. The van der Waals surface area contributed by atoms with Crippen molar-refractivity contribution in [3.63, 3.8) is 0 Å². The zero-order valence-corrected chi connectivity index (χ0v) is 10.9. The van der Waals surface area contributed by atoms with Crippen molar-refractivity contribution in [2.75, 3.05) is 19.6 Å². The number of rotatable bonds is 7. The predicted molar refractivity (Wildman–Crippen MR) is 77.5 cm³/mol. The highest BCUT2D eigenvalue weighted by Crippen LogP contribution is 2.07. The van der Waals surface area contributed by atoms with E-state index in [-0.39, 0.29) is 0 Å². The molecule has 2 nitrogen and oxygen atoms in total. The number of hydrogen-bond acceptors (Lipinski definition) is 2. The summed E-state index contributed by atoms with van der Waals surface area (Å²) >= 11 is 0. The molecule has 1 aromatic carbocycles. The van der Waals surface area contributed by atoms with Gasteiger partial charge in [-0.15, -0.1) is 0 Å². The summed E-state index contributed by atoms with van der Waals surface area (Å²) in [6.45, 7) is 3.96. The first kappa shape index (κ1) is 13.1. The van der Waals surface area contributed by atoms with E-state index in [0.29, 0.717) is 0 Å². The minimum Gasteiger partial charge on any atom is -0.311 e. The van der Waals surface area contributed by atoms with Crippen LogP contribution in [0.15, 0.2) is 54.1 Å². The predicted octanol–water partition coefficient (Wildman–Crippen LogP) is 2.64. The zero-order valence-electron chi connectivity index (χ0n) is 10.9. The summed E-state index contributed by atoms with van der Waals surface area (Å²) < 4.78 is 0. The molecule has 0 aliphatic heterocycles. The van der Waals surface area contributed by atoms with E-state index in [1.807, 2.05) is 0 Å². The maximum absolute atomic E-state index is 3.46. The van der Waals surface area contributed by atoms with Crippen LogP contribution in [0.25, 0.3) is 0 Å². The molecule has 0 atom stereocenters. The van der Waals surface area contributed by atoms with Gasteiger partial charge in [0.1, 0.15) is 0 Å². The standard InChI is InChI=1S/C16H22N2/c1-3-7-15(8-4-1)13-17-11-12-18-14-16-9-5-2-6-10-16/h1,3-5,7-10,17-18H,2,6,11-14H2. The molecule has 18 heavy (non-hydrogen) atoms. The van der Waals surface area contributed by atoms with Gasteiger partial charge in [-0.2, -0.15) is 0 Å². The highest BCUT2D eigenvalue weighted by atomic mass is 14.9. The first-order chi connectivity index (χ1) is 8.95. The Labute approximate surface area is 110 Å². The van der Waals surface area contributed by atoms with Crippen molar-refractivity contribution in [3.8, 4) is 0 Å². The lowest BCUT2D eigenvalue weighted by Gasteiger charge is -2.09. The van der Waals surface area contributed by atoms with Gasteiger partial charge >= 0.3 is 0 Å². The van der Waals surface area contributed by atoms with Crippen molar-refractivity contribution >= 4 is 0 Å². The van der Waals surface area contributed by atoms with Gasteiger partial charge in [-0.05, 0) is 24.0 Å². The molecular weight excluding hydrogens is 220 g/mol. The van der Waals surface area contributed by atoms with Crippen LogP contribution < -0.4 is 10.6 Å². The number of nitrogens with one attached hydrogen (secondary N) is 2. The van der Waals surface area contributed by atoms with E-state index in [9.17, 15) is 0 Å². The van der Waals surface area contributed by atoms with Crippen LogP contribution in [0.1, 0.15) is 18.4 Å². The highest BCUT2D eigenvalue weighted by Gasteiger charge is 1.96. The van der Waals surface area contributed by atoms with Crippen molar-refractivity contribution in [2.45, 2.75) is 19.4 Å². The normalized spacial score (nSPS) is 14.6. The molecule has 1 aliphatic rings. The molecule has 2 N–H and O–H groups in total. The van der Waals surface area contributed by atoms with Crippen LogP contribution in [0.3, 0.4) is 0 Å². The third-order valence-electron chi connectivity index (χ3n) is 3.05. The average Bonchev–Trinajstić information content (AvgIpc) is 2.45. The summed E-state index contributed by atoms with van der Waals surface area (Å²) in [5.74, 6) is 0. The Hall–Kier alpha value is -1.38. The van der Waals surface area contributed by atoms with Crippen LogP contribution in [0.4, 0.5) is 0 Å². The maximum atomic E-state index is 3.46. The third-order valence-corrected chi connectivity index (χ3v) is 3.05. The number of allylic oxidation sites excluding steroid dienone is 2. The second kappa shape index (κ2) is 7.85. The molecule has 96 valence electrons. The van der Waals surface area contributed by atoms with Crippen LogP contribution in [0.5, 0.6) is 0 Å². The maximum Gasteiger partial charge on any atom is 0.0206 e. The quantitative estimate of drug-likeness (QED) is 0.718. The smallest absolute Gasteiger partial charge is 0.0206 e. The summed E-state index contributed by atoms with van der Waals surface area (Å²) in [5, 5.41) is 6.90. The molecular formula is C16H22N2. The molecule has 0 saturated carbocycles. The molecule has 2 rings (SSSR count). The summed E-state index contributed by atoms with van der Waals surface area (Å²) in [5.41, 5.74) is 2.76. The monoisotopic (exact) mass is 242 g/mol. The van der Waals surface area contributed by atoms with Gasteiger partial charge in [0.15, 0.2) is 0 Å². The molecule has 0 spiro atoms. The van der Waals surface area contributed by atoms with Crippen molar-refractivity contribution < 1.29 is 0 Å². The lowest BCUT2D eigenvalue weighted by Crippen LogP contribution is -2.28. The molecule has 0 unspecified atom stereocenters. The molecule has 2 heteroatoms. The first-order valence-corrected chi connectivity index (χ1v) is 6.76. The van der Waals surface area contributed by atoms with E-state index in [2.05, 4.69) is 59.2 Å². The SMILES string of the molecule is C1=CC(CNCCNCc2ccccc2)=CCC1. The van der Waals surface area contributed by atoms with Gasteiger partial charge in [0.2, 0.25) is 0 Å². The Kier molecular flexibility index (Phi) is 5.70. The summed E-state index contributed by atoms with van der Waals surface area (Å²) in [7, 11) is 0. The van der Waals surface area contributed by atoms with Crippen molar-refractivity contribution in [2.24, 2.45) is 0 Å². The van der Waals surface area contributed by atoms with Crippen molar-refractivity contribution in [1.82, 2.24) is 10.6 Å². The molecule has 0 bridgehead atoms. The highest BCUT2D eigenvalue weighted by molar-refractivity contribution is 5.23. The van der Waals surface area contributed by atoms with Gasteiger partial charge in [0.25, 0.3) is 0 Å². The Morgan fingerprint density at radius 2 is 1.67 bits per heavy atom. The summed E-state index contributed by atoms with van der Waals surface area (Å²) in [6, 6.07) is 10.5. The van der Waals surface area contributed by atoms with E-state index < -0.39 is 0 Å². The largest absolute Gasteiger partial charge is 0.311 e. The molecule has 0 aromatic heterocycles. The van der Waals surface area contributed by atoms with Crippen LogP contribution in [0, 0.1) is 0 Å². The van der Waals surface area contributed by atoms with Crippen LogP contribution in [-0.4, -0.2) is 19.6 Å². The fourth-order valence-corrected chi connectivity index (χ4v) is 2.04. The second-order valence-electron chi connectivity index (χ2n) is 4.60. The lowest BCUT2D eigenvalue weighted by atomic mass is 10.1. The van der Waals surface area contributed by atoms with E-state index >= 15 is 0 Å². The fraction of sp³-hybridized carbons (Fsp3) is 0.375. The van der Waals surface area contributed by atoms with Gasteiger partial charge in [0.05, 0.1) is 0 Å². The molecule has 1 aromatic rings. The average molecular weight is 242 g/mol. The Morgan fingerprint density at radius 3 is 2.39 bits per heavy atom. The van der Waals surface area contributed by atoms with E-state index in [0.717, 1.165) is 26.2 Å². The van der Waals surface area contributed by atoms with Gasteiger partial charge < -0.3 is 10.6 Å². The molecule has 0 amide bonds. The van der Waals surface area contributed by atoms with Gasteiger partial charge in [-0.3, -0.25) is 0 Å². The van der Waals surface area contributed by atoms with Gasteiger partial charge in [-0.1, -0.05) is 48.6 Å². The summed E-state index contributed by atoms with van der Waals surface area (Å²) in [4.78, 5) is 0. The van der Waals surface area contributed by atoms with Crippen LogP contribution >= 0.6 is 0 Å². The van der Waals surface area contributed by atoms with Crippen LogP contribution in [0.2, 0.25) is 0 Å². The molecule has 0 saturated heterocycles. The minimum absolute atomic E-state index is 0.950. The topological polar surface area (TPSA) is 24.1 Å². The van der Waals surface area contributed by atoms with Gasteiger partial charge in [0, 0.05) is 26.2 Å². The fourth-order valence-electron chi connectivity index (χ4n) is 2.04. The first-order valence-electron chi connectivity index (χ1n) is 6.76. The van der Waals surface area contributed by atoms with Crippen molar-refractivity contribution in [3.05, 3.63) is 59.7 Å². The third kappa shape index (κ3) is 4.86. The number of benzene rings is 1. The van der Waals surface area contributed by atoms with Gasteiger partial charge in [-0.25, -0.2) is 0 Å². The molecule has 1 aliphatic carbocycles. The molecule has 0 fully saturated rings. The summed E-state index contributed by atoms with van der Waals surface area (Å²) in [6.07, 6.45) is 9.20. The van der Waals surface area contributed by atoms with Crippen molar-refractivity contribution in [1.29, 1.82) is 0 Å². The van der Waals surface area contributed by atoms with E-state index in [1.54, 1.807) is 0 Å². The lowest BCUT2D eigenvalue weighted by molar-refractivity contribution is 0.631.